The third-order valence-corrected chi connectivity index (χ3v) is 9.76. The molecule has 3 heterocycles. The van der Waals surface area contributed by atoms with E-state index in [9.17, 15) is 19.6 Å². The summed E-state index contributed by atoms with van der Waals surface area (Å²) in [7, 11) is -3.95. The van der Waals surface area contributed by atoms with Gasteiger partial charge < -0.3 is 20.7 Å². The van der Waals surface area contributed by atoms with Crippen molar-refractivity contribution in [3.8, 4) is 0 Å². The maximum Gasteiger partial charge on any atom is 0.405 e. The van der Waals surface area contributed by atoms with Crippen molar-refractivity contribution in [1.82, 2.24) is 24.6 Å². The Balaban J connectivity index is 1.44. The number of alkyl halides is 1. The van der Waals surface area contributed by atoms with Crippen LogP contribution in [-0.2, 0) is 29.7 Å². The van der Waals surface area contributed by atoms with E-state index in [-0.39, 0.29) is 43.1 Å². The zero-order valence-corrected chi connectivity index (χ0v) is 25.3. The Kier molecular flexibility index (Phi) is 10.1. The molecule has 1 fully saturated rings. The Morgan fingerprint density at radius 2 is 2.02 bits per heavy atom. The lowest BCUT2D eigenvalue weighted by atomic mass is 9.97. The molecular formula is C25H34ClN6O7PS. The molecule has 13 nitrogen and oxygen atoms in total. The predicted octanol–water partition coefficient (Wildman–Crippen LogP) is 2.87. The molecule has 16 heteroatoms. The lowest BCUT2D eigenvalue weighted by Crippen LogP contribution is -2.40. The molecule has 224 valence electrons. The first-order chi connectivity index (χ1) is 19.4. The number of nitrogens with two attached hydrogens (primary N) is 1. The number of nitrogens with one attached hydrogen (secondary N) is 1. The predicted molar refractivity (Wildman–Crippen MR) is 155 cm³/mol. The molecular weight excluding hydrogens is 595 g/mol. The number of carbonyl (C=O) groups is 1. The van der Waals surface area contributed by atoms with Crippen molar-refractivity contribution in [3.63, 3.8) is 0 Å². The van der Waals surface area contributed by atoms with Crippen LogP contribution in [0.4, 0.5) is 5.82 Å². The Hall–Kier alpha value is -2.13. The fourth-order valence-electron chi connectivity index (χ4n) is 4.03. The van der Waals surface area contributed by atoms with Gasteiger partial charge in [-0.25, -0.2) is 24.6 Å². The van der Waals surface area contributed by atoms with Gasteiger partial charge in [-0.15, -0.1) is 11.6 Å². The summed E-state index contributed by atoms with van der Waals surface area (Å²) in [5.74, 6) is 0.372. The molecule has 2 aromatic heterocycles. The molecule has 0 spiro atoms. The second-order valence-electron chi connectivity index (χ2n) is 10.3. The molecule has 1 aliphatic heterocycles. The molecule has 5 N–H and O–H groups in total. The number of aromatic nitrogens is 4. The van der Waals surface area contributed by atoms with Crippen LogP contribution in [0.2, 0.25) is 0 Å². The third-order valence-electron chi connectivity index (χ3n) is 6.61. The average Bonchev–Trinajstić information content (AvgIpc) is 3.48. The molecule has 1 saturated heterocycles. The smallest absolute Gasteiger partial charge is 0.395 e. The highest BCUT2D eigenvalue weighted by Crippen LogP contribution is 2.48. The van der Waals surface area contributed by atoms with Crippen LogP contribution in [0.5, 0.6) is 0 Å². The zero-order chi connectivity index (χ0) is 29.8. The van der Waals surface area contributed by atoms with Crippen LogP contribution in [0.1, 0.15) is 32.6 Å². The van der Waals surface area contributed by atoms with Gasteiger partial charge in [-0.05, 0) is 26.3 Å². The highest BCUT2D eigenvalue weighted by molar-refractivity contribution is 8.13. The number of benzene rings is 1. The zero-order valence-electron chi connectivity index (χ0n) is 22.8. The van der Waals surface area contributed by atoms with Crippen LogP contribution in [0.25, 0.3) is 11.2 Å². The summed E-state index contributed by atoms with van der Waals surface area (Å²) < 4.78 is 32.7. The molecule has 0 aliphatic carbocycles. The number of aliphatic hydroxyl groups excluding tert-OH is 2. The number of rotatable bonds is 13. The van der Waals surface area contributed by atoms with Gasteiger partial charge in [-0.3, -0.25) is 18.4 Å². The van der Waals surface area contributed by atoms with Gasteiger partial charge in [-0.2, -0.15) is 0 Å². The fraction of sp³-hybridized carbons (Fsp3) is 0.520. The van der Waals surface area contributed by atoms with Gasteiger partial charge in [0.05, 0.1) is 31.6 Å². The fourth-order valence-corrected chi connectivity index (χ4v) is 6.56. The van der Waals surface area contributed by atoms with E-state index in [1.807, 2.05) is 30.3 Å². The van der Waals surface area contributed by atoms with E-state index in [1.54, 1.807) is 25.3 Å². The summed E-state index contributed by atoms with van der Waals surface area (Å²) in [4.78, 5) is 23.4. The number of anilines is 1. The summed E-state index contributed by atoms with van der Waals surface area (Å²) in [6.07, 6.45) is -0.403. The minimum absolute atomic E-state index is 0.0803. The van der Waals surface area contributed by atoms with Crippen molar-refractivity contribution in [2.75, 3.05) is 31.3 Å². The second kappa shape index (κ2) is 13.0. The lowest BCUT2D eigenvalue weighted by molar-refractivity contribution is -0.119. The lowest BCUT2D eigenvalue weighted by Gasteiger charge is -2.26. The van der Waals surface area contributed by atoms with E-state index in [0.29, 0.717) is 11.2 Å². The summed E-state index contributed by atoms with van der Waals surface area (Å²) in [5, 5.41) is 23.1. The molecule has 0 saturated carbocycles. The Morgan fingerprint density at radius 1 is 1.29 bits per heavy atom. The topological polar surface area (TPSA) is 184 Å². The minimum atomic E-state index is -3.95. The van der Waals surface area contributed by atoms with Crippen LogP contribution in [0.15, 0.2) is 43.0 Å². The van der Waals surface area contributed by atoms with Gasteiger partial charge in [0, 0.05) is 12.3 Å². The molecule has 5 atom stereocenters. The van der Waals surface area contributed by atoms with E-state index >= 15 is 0 Å². The number of imidazole rings is 1. The molecule has 0 amide bonds. The molecule has 41 heavy (non-hydrogen) atoms. The number of fused-ring (bicyclic) bond motifs is 1. The average molecular weight is 629 g/mol. The van der Waals surface area contributed by atoms with Gasteiger partial charge in [0.2, 0.25) is 0 Å². The van der Waals surface area contributed by atoms with E-state index in [4.69, 9.17) is 31.1 Å². The number of halogens is 1. The van der Waals surface area contributed by atoms with Crippen molar-refractivity contribution in [2.45, 2.75) is 50.6 Å². The van der Waals surface area contributed by atoms with Crippen molar-refractivity contribution < 1.29 is 33.4 Å². The number of thioether (sulfide) groups is 1. The summed E-state index contributed by atoms with van der Waals surface area (Å²) in [6, 6.07) is 9.25. The standard InChI is InChI=1S/C25H34ClN6O7PS/c1-24(2,13-33)23(35)41-10-9-37-40(36,31-11-16-7-5-4-6-8-16)38-12-17-19(34)25(3,26)22(39-17)32-15-30-18-20(27)28-14-29-21(18)32/h4-8,14-15,17,19,22,33-34H,9-13H2,1-3H3,(H,31,36)(H2,27,28,29)/t17-,19-,22-,25-,40+/m1/s1. The van der Waals surface area contributed by atoms with Crippen molar-refractivity contribution >= 4 is 53.2 Å². The molecule has 4 rings (SSSR count). The van der Waals surface area contributed by atoms with Crippen molar-refractivity contribution in [1.29, 1.82) is 0 Å². The minimum Gasteiger partial charge on any atom is -0.395 e. The van der Waals surface area contributed by atoms with E-state index < -0.39 is 36.5 Å². The highest BCUT2D eigenvalue weighted by atomic mass is 35.5. The number of hydrogen-bond donors (Lipinski definition) is 4. The van der Waals surface area contributed by atoms with Crippen LogP contribution in [-0.4, -0.2) is 77.5 Å². The quantitative estimate of drug-likeness (QED) is 0.123. The van der Waals surface area contributed by atoms with Gasteiger partial charge in [0.1, 0.15) is 28.9 Å². The molecule has 0 unspecified atom stereocenters. The van der Waals surface area contributed by atoms with Gasteiger partial charge in [0.25, 0.3) is 0 Å². The summed E-state index contributed by atoms with van der Waals surface area (Å²) >= 11 is 7.73. The van der Waals surface area contributed by atoms with E-state index in [0.717, 1.165) is 17.3 Å². The highest BCUT2D eigenvalue weighted by Gasteiger charge is 2.54. The van der Waals surface area contributed by atoms with Crippen LogP contribution >= 0.6 is 31.1 Å². The summed E-state index contributed by atoms with van der Waals surface area (Å²) in [6.45, 7) is 4.35. The first-order valence-corrected chi connectivity index (χ1v) is 15.7. The number of aliphatic hydroxyl groups is 2. The van der Waals surface area contributed by atoms with Gasteiger partial charge in [-0.1, -0.05) is 42.1 Å². The Bertz CT molecular complexity index is 1400. The number of nitrogen functional groups attached to an aromatic ring is 1. The number of hydrogen-bond acceptors (Lipinski definition) is 12. The molecule has 1 aliphatic rings. The Morgan fingerprint density at radius 3 is 2.73 bits per heavy atom. The monoisotopic (exact) mass is 628 g/mol. The number of ether oxygens (including phenoxy) is 1. The summed E-state index contributed by atoms with van der Waals surface area (Å²) in [5.41, 5.74) is 6.57. The Labute approximate surface area is 246 Å². The first-order valence-electron chi connectivity index (χ1n) is 12.8. The normalized spacial score (nSPS) is 24.5. The SMILES string of the molecule is CC(C)(CO)C(=O)SCCO[P@@](=O)(NCc1ccccc1)OC[C@H]1O[C@@H](n2cnc3c(N)ncnc32)[C@](C)(Cl)[C@@H]1O. The second-order valence-corrected chi connectivity index (χ2v) is 14.0. The molecule has 0 radical (unpaired) electrons. The van der Waals surface area contributed by atoms with E-state index in [2.05, 4.69) is 20.0 Å². The molecule has 1 aromatic carbocycles. The van der Waals surface area contributed by atoms with Crippen molar-refractivity contribution in [2.24, 2.45) is 5.41 Å². The van der Waals surface area contributed by atoms with E-state index in [1.165, 1.54) is 12.7 Å². The van der Waals surface area contributed by atoms with Crippen LogP contribution < -0.4 is 10.8 Å². The van der Waals surface area contributed by atoms with Crippen LogP contribution in [0, 0.1) is 5.41 Å². The van der Waals surface area contributed by atoms with Gasteiger partial charge >= 0.3 is 7.75 Å². The maximum atomic E-state index is 13.7. The number of carbonyl (C=O) groups excluding carboxylic acids is 1. The number of nitrogens with zero attached hydrogens (tertiary/aromatic N) is 4. The van der Waals surface area contributed by atoms with Gasteiger partial charge in [0.15, 0.2) is 22.8 Å². The first kappa shape index (κ1) is 31.8. The molecule has 0 bridgehead atoms. The maximum absolute atomic E-state index is 13.7. The van der Waals surface area contributed by atoms with Crippen molar-refractivity contribution in [3.05, 3.63) is 48.5 Å². The molecule has 3 aromatic rings. The third kappa shape index (κ3) is 7.27. The van der Waals surface area contributed by atoms with Crippen LogP contribution in [0.3, 0.4) is 0 Å². The largest absolute Gasteiger partial charge is 0.405 e.